The zero-order chi connectivity index (χ0) is 17.9. The van der Waals surface area contributed by atoms with Crippen LogP contribution in [0.15, 0.2) is 79.1 Å². The highest BCUT2D eigenvalue weighted by Crippen LogP contribution is 2.25. The summed E-state index contributed by atoms with van der Waals surface area (Å²) in [6.07, 6.45) is 3.46. The molecule has 0 amide bonds. The van der Waals surface area contributed by atoms with E-state index in [0.29, 0.717) is 0 Å². The van der Waals surface area contributed by atoms with Crippen LogP contribution >= 0.6 is 0 Å². The van der Waals surface area contributed by atoms with Crippen LogP contribution in [0.4, 0.5) is 8.78 Å². The molecule has 1 heterocycles. The van der Waals surface area contributed by atoms with E-state index in [9.17, 15) is 8.78 Å². The number of benzene rings is 3. The van der Waals surface area contributed by atoms with Gasteiger partial charge in [0.05, 0.1) is 0 Å². The molecule has 0 saturated carbocycles. The molecule has 0 radical (unpaired) electrons. The summed E-state index contributed by atoms with van der Waals surface area (Å²) in [4.78, 5) is 4.26. The summed E-state index contributed by atoms with van der Waals surface area (Å²) in [6.45, 7) is 0.150. The van der Waals surface area contributed by atoms with Crippen LogP contribution in [0.25, 0.3) is 21.9 Å². The molecule has 2 nitrogen and oxygen atoms in total. The zero-order valence-corrected chi connectivity index (χ0v) is 13.8. The highest BCUT2D eigenvalue weighted by molar-refractivity contribution is 5.87. The van der Waals surface area contributed by atoms with Crippen LogP contribution in [-0.4, -0.2) is 4.98 Å². The Morgan fingerprint density at radius 1 is 0.769 bits per heavy atom. The maximum absolute atomic E-state index is 13.7. The lowest BCUT2D eigenvalue weighted by atomic mass is 10.0. The van der Waals surface area contributed by atoms with Gasteiger partial charge in [0.25, 0.3) is 0 Å². The highest BCUT2D eigenvalue weighted by atomic mass is 19.1. The first-order valence-electron chi connectivity index (χ1n) is 8.20. The molecule has 128 valence electrons. The van der Waals surface area contributed by atoms with Crippen molar-refractivity contribution in [1.82, 2.24) is 4.98 Å². The molecule has 0 atom stereocenters. The molecule has 0 aliphatic heterocycles. The molecule has 0 fully saturated rings. The Balaban J connectivity index is 1.57. The average molecular weight is 347 g/mol. The number of aromatic nitrogens is 1. The van der Waals surface area contributed by atoms with Crippen molar-refractivity contribution in [2.24, 2.45) is 0 Å². The summed E-state index contributed by atoms with van der Waals surface area (Å²) >= 11 is 0. The van der Waals surface area contributed by atoms with Crippen LogP contribution in [0.3, 0.4) is 0 Å². The predicted octanol–water partition coefficient (Wildman–Crippen LogP) is 5.76. The second-order valence-electron chi connectivity index (χ2n) is 6.01. The molecule has 0 bridgehead atoms. The van der Waals surface area contributed by atoms with Crippen molar-refractivity contribution < 1.29 is 13.5 Å². The van der Waals surface area contributed by atoms with Gasteiger partial charge in [-0.05, 0) is 40.6 Å². The van der Waals surface area contributed by atoms with E-state index in [1.54, 1.807) is 12.4 Å². The van der Waals surface area contributed by atoms with Crippen molar-refractivity contribution in [3.8, 4) is 16.9 Å². The second-order valence-corrected chi connectivity index (χ2v) is 6.01. The molecule has 0 saturated heterocycles. The van der Waals surface area contributed by atoms with E-state index in [-0.39, 0.29) is 12.4 Å². The Bertz CT molecular complexity index is 1080. The highest BCUT2D eigenvalue weighted by Gasteiger charge is 2.07. The average Bonchev–Trinajstić information content (AvgIpc) is 2.67. The van der Waals surface area contributed by atoms with E-state index >= 15 is 0 Å². The monoisotopic (exact) mass is 347 g/mol. The van der Waals surface area contributed by atoms with Gasteiger partial charge in [-0.3, -0.25) is 4.98 Å². The maximum atomic E-state index is 13.7. The molecule has 3 aromatic carbocycles. The van der Waals surface area contributed by atoms with Gasteiger partial charge < -0.3 is 4.74 Å². The molecule has 1 aromatic heterocycles. The van der Waals surface area contributed by atoms with Gasteiger partial charge in [-0.25, -0.2) is 8.78 Å². The Labute approximate surface area is 149 Å². The van der Waals surface area contributed by atoms with Crippen LogP contribution in [0.1, 0.15) is 5.56 Å². The van der Waals surface area contributed by atoms with E-state index in [2.05, 4.69) is 29.2 Å². The topological polar surface area (TPSA) is 22.1 Å². The lowest BCUT2D eigenvalue weighted by Crippen LogP contribution is -1.99. The molecular weight excluding hydrogens is 332 g/mol. The van der Waals surface area contributed by atoms with Gasteiger partial charge in [0.15, 0.2) is 11.6 Å². The number of ether oxygens (including phenoxy) is 1. The largest absolute Gasteiger partial charge is 0.486 e. The standard InChI is InChI=1S/C22H15F2NO/c23-20-7-8-22(21(24)11-20)26-14-15-9-19(13-25-12-15)18-6-5-16-3-1-2-4-17(16)10-18/h1-13H,14H2. The van der Waals surface area contributed by atoms with Crippen molar-refractivity contribution >= 4 is 10.8 Å². The molecule has 0 aliphatic rings. The number of hydrogen-bond donors (Lipinski definition) is 0. The minimum atomic E-state index is -0.719. The summed E-state index contributed by atoms with van der Waals surface area (Å²) in [6, 6.07) is 19.6. The van der Waals surface area contributed by atoms with Crippen LogP contribution in [0.2, 0.25) is 0 Å². The number of fused-ring (bicyclic) bond motifs is 1. The minimum absolute atomic E-state index is 0.0162. The smallest absolute Gasteiger partial charge is 0.167 e. The van der Waals surface area contributed by atoms with Crippen molar-refractivity contribution in [2.75, 3.05) is 0 Å². The number of halogens is 2. The minimum Gasteiger partial charge on any atom is -0.486 e. The van der Waals surface area contributed by atoms with Gasteiger partial charge in [-0.15, -0.1) is 0 Å². The van der Waals surface area contributed by atoms with Gasteiger partial charge >= 0.3 is 0 Å². The number of rotatable bonds is 4. The van der Waals surface area contributed by atoms with E-state index in [0.717, 1.165) is 28.1 Å². The quantitative estimate of drug-likeness (QED) is 0.468. The van der Waals surface area contributed by atoms with Gasteiger partial charge in [-0.2, -0.15) is 0 Å². The Kier molecular flexibility index (Phi) is 4.32. The number of hydrogen-bond acceptors (Lipinski definition) is 2. The van der Waals surface area contributed by atoms with E-state index in [1.807, 2.05) is 24.3 Å². The van der Waals surface area contributed by atoms with Gasteiger partial charge in [0, 0.05) is 29.6 Å². The summed E-state index contributed by atoms with van der Waals surface area (Å²) < 4.78 is 32.1. The fraction of sp³-hybridized carbons (Fsp3) is 0.0455. The molecule has 26 heavy (non-hydrogen) atoms. The van der Waals surface area contributed by atoms with E-state index in [4.69, 9.17) is 4.74 Å². The van der Waals surface area contributed by atoms with Gasteiger partial charge in [0.2, 0.25) is 0 Å². The van der Waals surface area contributed by atoms with Crippen LogP contribution in [0, 0.1) is 11.6 Å². The van der Waals surface area contributed by atoms with Crippen LogP contribution < -0.4 is 4.74 Å². The first-order chi connectivity index (χ1) is 12.7. The molecule has 0 spiro atoms. The summed E-state index contributed by atoms with van der Waals surface area (Å²) in [5.74, 6) is -1.33. The van der Waals surface area contributed by atoms with Crippen molar-refractivity contribution in [2.45, 2.75) is 6.61 Å². The van der Waals surface area contributed by atoms with Crippen molar-refractivity contribution in [1.29, 1.82) is 0 Å². The summed E-state index contributed by atoms with van der Waals surface area (Å²) in [5.41, 5.74) is 2.81. The third-order valence-electron chi connectivity index (χ3n) is 4.17. The molecule has 0 N–H and O–H groups in total. The van der Waals surface area contributed by atoms with Gasteiger partial charge in [0.1, 0.15) is 12.4 Å². The molecule has 4 rings (SSSR count). The van der Waals surface area contributed by atoms with Crippen molar-refractivity contribution in [3.05, 3.63) is 96.3 Å². The third kappa shape index (κ3) is 3.40. The Morgan fingerprint density at radius 3 is 2.46 bits per heavy atom. The first-order valence-corrected chi connectivity index (χ1v) is 8.20. The van der Waals surface area contributed by atoms with Gasteiger partial charge in [-0.1, -0.05) is 36.4 Å². The molecule has 4 heteroatoms. The predicted molar refractivity (Wildman–Crippen MR) is 97.9 cm³/mol. The zero-order valence-electron chi connectivity index (χ0n) is 13.8. The fourth-order valence-electron chi connectivity index (χ4n) is 2.85. The van der Waals surface area contributed by atoms with E-state index < -0.39 is 11.6 Å². The second kappa shape index (κ2) is 6.92. The Hall–Kier alpha value is -3.27. The van der Waals surface area contributed by atoms with Crippen LogP contribution in [-0.2, 0) is 6.61 Å². The Morgan fingerprint density at radius 2 is 1.62 bits per heavy atom. The van der Waals surface area contributed by atoms with Crippen LogP contribution in [0.5, 0.6) is 5.75 Å². The number of nitrogens with zero attached hydrogens (tertiary/aromatic N) is 1. The SMILES string of the molecule is Fc1ccc(OCc2cncc(-c3ccc4ccccc4c3)c2)c(F)c1. The maximum Gasteiger partial charge on any atom is 0.167 e. The normalized spacial score (nSPS) is 10.8. The molecular formula is C22H15F2NO. The lowest BCUT2D eigenvalue weighted by molar-refractivity contribution is 0.289. The van der Waals surface area contributed by atoms with E-state index in [1.165, 1.54) is 17.5 Å². The molecule has 0 unspecified atom stereocenters. The molecule has 4 aromatic rings. The lowest BCUT2D eigenvalue weighted by Gasteiger charge is -2.09. The number of pyridine rings is 1. The molecule has 0 aliphatic carbocycles. The first kappa shape index (κ1) is 16.2. The fourth-order valence-corrected chi connectivity index (χ4v) is 2.85. The summed E-state index contributed by atoms with van der Waals surface area (Å²) in [5, 5.41) is 2.33. The third-order valence-corrected chi connectivity index (χ3v) is 4.17. The van der Waals surface area contributed by atoms with Crippen molar-refractivity contribution in [3.63, 3.8) is 0 Å². The summed E-state index contributed by atoms with van der Waals surface area (Å²) in [7, 11) is 0.